The van der Waals surface area contributed by atoms with Gasteiger partial charge in [-0.05, 0) is 36.4 Å². The molecular formula is C17H19NO4S2. The van der Waals surface area contributed by atoms with E-state index in [-0.39, 0.29) is 16.9 Å². The smallest absolute Gasteiger partial charge is 0.325 e. The van der Waals surface area contributed by atoms with Crippen LogP contribution in [0.1, 0.15) is 25.0 Å². The molecule has 1 aliphatic rings. The van der Waals surface area contributed by atoms with Crippen LogP contribution in [-0.2, 0) is 32.5 Å². The largest absolute Gasteiger partial charge is 0.462 e. The van der Waals surface area contributed by atoms with Gasteiger partial charge >= 0.3 is 5.97 Å². The van der Waals surface area contributed by atoms with E-state index in [4.69, 9.17) is 4.74 Å². The Balaban J connectivity index is 2.02. The van der Waals surface area contributed by atoms with Gasteiger partial charge in [0.25, 0.3) is 10.0 Å². The normalized spacial score (nSPS) is 18.4. The lowest BCUT2D eigenvalue weighted by Crippen LogP contribution is -2.49. The Kier molecular flexibility index (Phi) is 4.76. The number of sulfonamides is 1. The quantitative estimate of drug-likeness (QED) is 0.782. The molecule has 0 bridgehead atoms. The lowest BCUT2D eigenvalue weighted by Gasteiger charge is -2.34. The number of thiophene rings is 1. The number of hydrogen-bond acceptors (Lipinski definition) is 5. The number of benzene rings is 1. The Hall–Kier alpha value is -1.70. The predicted molar refractivity (Wildman–Crippen MR) is 92.2 cm³/mol. The number of carbonyl (C=O) groups is 1. The summed E-state index contributed by atoms with van der Waals surface area (Å²) in [6.07, 6.45) is 0.0350. The molecule has 3 rings (SSSR count). The van der Waals surface area contributed by atoms with Gasteiger partial charge in [-0.3, -0.25) is 4.79 Å². The fourth-order valence-electron chi connectivity index (χ4n) is 2.79. The van der Waals surface area contributed by atoms with Crippen LogP contribution in [0.5, 0.6) is 0 Å². The Morgan fingerprint density at radius 3 is 2.54 bits per heavy atom. The Morgan fingerprint density at radius 2 is 1.92 bits per heavy atom. The molecule has 1 atom stereocenters. The summed E-state index contributed by atoms with van der Waals surface area (Å²) in [5, 5.41) is 1.71. The zero-order valence-electron chi connectivity index (χ0n) is 13.5. The third-order valence-corrected chi connectivity index (χ3v) is 7.12. The molecule has 128 valence electrons. The van der Waals surface area contributed by atoms with Crippen molar-refractivity contribution in [1.29, 1.82) is 0 Å². The summed E-state index contributed by atoms with van der Waals surface area (Å²) in [4.78, 5) is 12.5. The average Bonchev–Trinajstić information content (AvgIpc) is 3.08. The second kappa shape index (κ2) is 6.66. The fraction of sp³-hybridized carbons (Fsp3) is 0.353. The summed E-state index contributed by atoms with van der Waals surface area (Å²) < 4.78 is 32.8. The minimum absolute atomic E-state index is 0.175. The van der Waals surface area contributed by atoms with Crippen molar-refractivity contribution in [2.45, 2.75) is 43.2 Å². The van der Waals surface area contributed by atoms with E-state index in [1.165, 1.54) is 4.31 Å². The summed E-state index contributed by atoms with van der Waals surface area (Å²) in [6, 6.07) is 10.0. The molecule has 0 spiro atoms. The minimum Gasteiger partial charge on any atom is -0.462 e. The van der Waals surface area contributed by atoms with Gasteiger partial charge in [0.05, 0.1) is 6.10 Å². The summed E-state index contributed by atoms with van der Waals surface area (Å²) in [6.45, 7) is 3.69. The number of hydrogen-bond donors (Lipinski definition) is 0. The van der Waals surface area contributed by atoms with Gasteiger partial charge < -0.3 is 4.74 Å². The third kappa shape index (κ3) is 3.24. The highest BCUT2D eigenvalue weighted by Crippen LogP contribution is 2.31. The Bertz CT molecular complexity index is 828. The highest BCUT2D eigenvalue weighted by molar-refractivity contribution is 7.91. The SMILES string of the molecule is CC(C)OC(=O)[C@H]1Cc2ccccc2CN1S(=O)(=O)c1cccs1. The van der Waals surface area contributed by atoms with E-state index < -0.39 is 22.0 Å². The van der Waals surface area contributed by atoms with E-state index in [9.17, 15) is 13.2 Å². The maximum atomic E-state index is 13.0. The van der Waals surface area contributed by atoms with Crippen molar-refractivity contribution in [3.63, 3.8) is 0 Å². The molecule has 5 nitrogen and oxygen atoms in total. The zero-order valence-corrected chi connectivity index (χ0v) is 15.1. The minimum atomic E-state index is -3.74. The number of carbonyl (C=O) groups excluding carboxylic acids is 1. The molecule has 7 heteroatoms. The van der Waals surface area contributed by atoms with Crippen LogP contribution in [0.3, 0.4) is 0 Å². The monoisotopic (exact) mass is 365 g/mol. The van der Waals surface area contributed by atoms with Crippen LogP contribution in [0, 0.1) is 0 Å². The third-order valence-electron chi connectivity index (χ3n) is 3.89. The van der Waals surface area contributed by atoms with Gasteiger partial charge in [0.2, 0.25) is 0 Å². The summed E-state index contributed by atoms with van der Waals surface area (Å²) in [5.74, 6) is -0.500. The van der Waals surface area contributed by atoms with Gasteiger partial charge in [-0.1, -0.05) is 30.3 Å². The van der Waals surface area contributed by atoms with Crippen molar-refractivity contribution in [3.05, 3.63) is 52.9 Å². The molecule has 0 N–H and O–H groups in total. The first-order valence-electron chi connectivity index (χ1n) is 7.72. The number of esters is 1. The van der Waals surface area contributed by atoms with Crippen molar-refractivity contribution < 1.29 is 17.9 Å². The van der Waals surface area contributed by atoms with Gasteiger partial charge in [-0.15, -0.1) is 11.3 Å². The van der Waals surface area contributed by atoms with Gasteiger partial charge in [0, 0.05) is 13.0 Å². The maximum Gasteiger partial charge on any atom is 0.325 e. The summed E-state index contributed by atoms with van der Waals surface area (Å²) >= 11 is 1.15. The molecule has 2 heterocycles. The molecule has 0 fully saturated rings. The zero-order chi connectivity index (χ0) is 17.3. The van der Waals surface area contributed by atoms with E-state index >= 15 is 0 Å². The molecule has 0 radical (unpaired) electrons. The second-order valence-corrected chi connectivity index (χ2v) is 9.02. The van der Waals surface area contributed by atoms with Crippen molar-refractivity contribution in [1.82, 2.24) is 4.31 Å². The van der Waals surface area contributed by atoms with Crippen LogP contribution in [0.2, 0.25) is 0 Å². The molecule has 24 heavy (non-hydrogen) atoms. The van der Waals surface area contributed by atoms with Crippen LogP contribution in [0.15, 0.2) is 46.0 Å². The van der Waals surface area contributed by atoms with Gasteiger partial charge in [0.15, 0.2) is 0 Å². The molecule has 0 amide bonds. The lowest BCUT2D eigenvalue weighted by atomic mass is 9.96. The van der Waals surface area contributed by atoms with Gasteiger partial charge in [-0.2, -0.15) is 4.31 Å². The van der Waals surface area contributed by atoms with Crippen molar-refractivity contribution in [2.24, 2.45) is 0 Å². The molecule has 1 aromatic heterocycles. The van der Waals surface area contributed by atoms with Crippen LogP contribution in [-0.4, -0.2) is 30.8 Å². The number of rotatable bonds is 4. The van der Waals surface area contributed by atoms with Crippen molar-refractivity contribution in [2.75, 3.05) is 0 Å². The molecule has 2 aromatic rings. The molecule has 0 saturated heterocycles. The number of fused-ring (bicyclic) bond motifs is 1. The summed E-state index contributed by atoms with van der Waals surface area (Å²) in [7, 11) is -3.74. The molecule has 0 unspecified atom stereocenters. The molecule has 0 aliphatic carbocycles. The first kappa shape index (κ1) is 17.1. The van der Waals surface area contributed by atoms with E-state index in [2.05, 4.69) is 0 Å². The van der Waals surface area contributed by atoms with Crippen LogP contribution >= 0.6 is 11.3 Å². The van der Waals surface area contributed by atoms with Gasteiger partial charge in [-0.25, -0.2) is 8.42 Å². The topological polar surface area (TPSA) is 63.7 Å². The van der Waals surface area contributed by atoms with E-state index in [0.717, 1.165) is 22.5 Å². The van der Waals surface area contributed by atoms with Crippen LogP contribution in [0.4, 0.5) is 0 Å². The highest BCUT2D eigenvalue weighted by Gasteiger charge is 2.41. The molecule has 1 aromatic carbocycles. The number of ether oxygens (including phenoxy) is 1. The molecule has 0 saturated carbocycles. The molecular weight excluding hydrogens is 346 g/mol. The van der Waals surface area contributed by atoms with E-state index in [0.29, 0.717) is 6.42 Å². The molecule has 1 aliphatic heterocycles. The lowest BCUT2D eigenvalue weighted by molar-refractivity contribution is -0.152. The summed E-state index contributed by atoms with van der Waals surface area (Å²) in [5.41, 5.74) is 1.91. The van der Waals surface area contributed by atoms with Crippen LogP contribution < -0.4 is 0 Å². The van der Waals surface area contributed by atoms with Crippen molar-refractivity contribution in [3.8, 4) is 0 Å². The van der Waals surface area contributed by atoms with Crippen LogP contribution in [0.25, 0.3) is 0 Å². The fourth-order valence-corrected chi connectivity index (χ4v) is 5.46. The Labute approximate surface area is 145 Å². The maximum absolute atomic E-state index is 13.0. The van der Waals surface area contributed by atoms with E-state index in [1.807, 2.05) is 24.3 Å². The second-order valence-electron chi connectivity index (χ2n) is 5.96. The standard InChI is InChI=1S/C17H19NO4S2/c1-12(2)22-17(19)15-10-13-6-3-4-7-14(13)11-18(15)24(20,21)16-8-5-9-23-16/h3-9,12,15H,10-11H2,1-2H3/t15-/m1/s1. The Morgan fingerprint density at radius 1 is 1.21 bits per heavy atom. The van der Waals surface area contributed by atoms with E-state index in [1.54, 1.807) is 31.4 Å². The van der Waals surface area contributed by atoms with Crippen molar-refractivity contribution >= 4 is 27.3 Å². The highest BCUT2D eigenvalue weighted by atomic mass is 32.2. The average molecular weight is 365 g/mol. The van der Waals surface area contributed by atoms with Gasteiger partial charge in [0.1, 0.15) is 10.3 Å². The first-order valence-corrected chi connectivity index (χ1v) is 10.0. The number of nitrogens with zero attached hydrogens (tertiary/aromatic N) is 1. The predicted octanol–water partition coefficient (Wildman–Crippen LogP) is 2.82. The first-order chi connectivity index (χ1) is 11.4.